The van der Waals surface area contributed by atoms with Gasteiger partial charge in [0.25, 0.3) is 5.91 Å². The van der Waals surface area contributed by atoms with Gasteiger partial charge in [-0.1, -0.05) is 48.5 Å². The number of hydrogen-bond donors (Lipinski definition) is 2. The first kappa shape index (κ1) is 16.0. The maximum atomic E-state index is 12.5. The molecule has 2 aromatic rings. The molecule has 1 aliphatic rings. The Bertz CT molecular complexity index is 771. The molecule has 0 radical (unpaired) electrons. The lowest BCUT2D eigenvalue weighted by Crippen LogP contribution is -2.25. The van der Waals surface area contributed by atoms with Crippen LogP contribution >= 0.6 is 0 Å². The molecular formula is C19H18N2O3. The van der Waals surface area contributed by atoms with Crippen molar-refractivity contribution < 1.29 is 14.8 Å². The predicted molar refractivity (Wildman–Crippen MR) is 91.6 cm³/mol. The van der Waals surface area contributed by atoms with Crippen molar-refractivity contribution in [2.24, 2.45) is 0 Å². The summed E-state index contributed by atoms with van der Waals surface area (Å²) >= 11 is 0. The molecule has 2 N–H and O–H groups in total. The number of hydrogen-bond acceptors (Lipinski definition) is 3. The van der Waals surface area contributed by atoms with Gasteiger partial charge in [-0.3, -0.25) is 14.8 Å². The molecule has 1 atom stereocenters. The van der Waals surface area contributed by atoms with Crippen LogP contribution in [-0.2, 0) is 9.59 Å². The number of carbonyl (C=O) groups is 2. The van der Waals surface area contributed by atoms with Gasteiger partial charge in [0.15, 0.2) is 0 Å². The van der Waals surface area contributed by atoms with Gasteiger partial charge in [-0.15, -0.1) is 0 Å². The number of anilines is 1. The summed E-state index contributed by atoms with van der Waals surface area (Å²) in [5, 5.41) is 8.58. The van der Waals surface area contributed by atoms with E-state index in [0.29, 0.717) is 13.0 Å². The van der Waals surface area contributed by atoms with Gasteiger partial charge in [0.05, 0.1) is 5.69 Å². The van der Waals surface area contributed by atoms with E-state index in [1.54, 1.807) is 16.5 Å². The van der Waals surface area contributed by atoms with Crippen LogP contribution in [0.25, 0.3) is 6.08 Å². The van der Waals surface area contributed by atoms with Gasteiger partial charge < -0.3 is 4.90 Å². The highest BCUT2D eigenvalue weighted by atomic mass is 16.5. The monoisotopic (exact) mass is 322 g/mol. The van der Waals surface area contributed by atoms with Crippen LogP contribution in [0.4, 0.5) is 5.69 Å². The van der Waals surface area contributed by atoms with Crippen molar-refractivity contribution in [1.82, 2.24) is 5.48 Å². The molecule has 5 heteroatoms. The van der Waals surface area contributed by atoms with Crippen LogP contribution in [0.3, 0.4) is 0 Å². The van der Waals surface area contributed by atoms with Crippen LogP contribution in [0.15, 0.2) is 60.7 Å². The van der Waals surface area contributed by atoms with Crippen molar-refractivity contribution >= 4 is 23.6 Å². The van der Waals surface area contributed by atoms with Crippen LogP contribution in [0.1, 0.15) is 23.5 Å². The number of nitrogens with one attached hydrogen (secondary N) is 1. The molecule has 0 aliphatic carbocycles. The average Bonchev–Trinajstić information content (AvgIpc) is 3.02. The fourth-order valence-electron chi connectivity index (χ4n) is 2.97. The second-order valence-electron chi connectivity index (χ2n) is 5.68. The number of nitrogens with zero attached hydrogens (tertiary/aromatic N) is 1. The number of amides is 2. The molecule has 3 rings (SSSR count). The van der Waals surface area contributed by atoms with E-state index < -0.39 is 5.91 Å². The molecule has 0 bridgehead atoms. The zero-order valence-electron chi connectivity index (χ0n) is 13.1. The number of benzene rings is 2. The molecule has 0 spiro atoms. The molecular weight excluding hydrogens is 304 g/mol. The van der Waals surface area contributed by atoms with Crippen LogP contribution < -0.4 is 10.4 Å². The standard InChI is InChI=1S/C19H18N2O3/c22-18(20-24)11-10-15-8-4-5-9-17(15)21-13-16(12-19(21)23)14-6-2-1-3-7-14/h1-11,16,24H,12-13H2,(H,20,22)/b11-10+. The van der Waals surface area contributed by atoms with Gasteiger partial charge in [0, 0.05) is 25.0 Å². The fraction of sp³-hybridized carbons (Fsp3) is 0.158. The fourth-order valence-corrected chi connectivity index (χ4v) is 2.97. The number of para-hydroxylation sites is 1. The third-order valence-electron chi connectivity index (χ3n) is 4.15. The minimum Gasteiger partial charge on any atom is -0.311 e. The van der Waals surface area contributed by atoms with Crippen LogP contribution in [0.2, 0.25) is 0 Å². The molecule has 24 heavy (non-hydrogen) atoms. The summed E-state index contributed by atoms with van der Waals surface area (Å²) in [6.45, 7) is 0.611. The molecule has 1 fully saturated rings. The Morgan fingerprint density at radius 3 is 2.58 bits per heavy atom. The van der Waals surface area contributed by atoms with Crippen molar-refractivity contribution in [2.45, 2.75) is 12.3 Å². The molecule has 1 heterocycles. The number of carbonyl (C=O) groups excluding carboxylic acids is 2. The third-order valence-corrected chi connectivity index (χ3v) is 4.15. The first-order chi connectivity index (χ1) is 11.7. The van der Waals surface area contributed by atoms with Gasteiger partial charge in [-0.25, -0.2) is 5.48 Å². The van der Waals surface area contributed by atoms with Crippen molar-refractivity contribution in [2.75, 3.05) is 11.4 Å². The summed E-state index contributed by atoms with van der Waals surface area (Å²) in [6.07, 6.45) is 3.29. The first-order valence-electron chi connectivity index (χ1n) is 7.75. The summed E-state index contributed by atoms with van der Waals surface area (Å²) < 4.78 is 0. The van der Waals surface area contributed by atoms with E-state index in [-0.39, 0.29) is 11.8 Å². The second-order valence-corrected chi connectivity index (χ2v) is 5.68. The van der Waals surface area contributed by atoms with E-state index in [9.17, 15) is 9.59 Å². The van der Waals surface area contributed by atoms with Gasteiger partial charge in [-0.2, -0.15) is 0 Å². The summed E-state index contributed by atoms with van der Waals surface area (Å²) in [5.41, 5.74) is 4.23. The van der Waals surface area contributed by atoms with Crippen molar-refractivity contribution in [3.63, 3.8) is 0 Å². The van der Waals surface area contributed by atoms with Gasteiger partial charge in [-0.05, 0) is 23.3 Å². The van der Waals surface area contributed by atoms with Crippen LogP contribution in [-0.4, -0.2) is 23.6 Å². The van der Waals surface area contributed by atoms with Crippen LogP contribution in [0.5, 0.6) is 0 Å². The molecule has 1 aliphatic heterocycles. The Morgan fingerprint density at radius 1 is 1.12 bits per heavy atom. The quantitative estimate of drug-likeness (QED) is 0.516. The summed E-state index contributed by atoms with van der Waals surface area (Å²) in [7, 11) is 0. The maximum Gasteiger partial charge on any atom is 0.267 e. The SMILES string of the molecule is O=C(/C=C/c1ccccc1N1CC(c2ccccc2)CC1=O)NO. The lowest BCUT2D eigenvalue weighted by molar-refractivity contribution is -0.124. The van der Waals surface area contributed by atoms with Crippen molar-refractivity contribution in [3.05, 3.63) is 71.8 Å². The van der Waals surface area contributed by atoms with Gasteiger partial charge >= 0.3 is 0 Å². The smallest absolute Gasteiger partial charge is 0.267 e. The Kier molecular flexibility index (Phi) is 4.72. The Balaban J connectivity index is 1.86. The minimum absolute atomic E-state index is 0.0660. The molecule has 122 valence electrons. The molecule has 0 saturated carbocycles. The molecule has 5 nitrogen and oxygen atoms in total. The molecule has 1 unspecified atom stereocenters. The topological polar surface area (TPSA) is 69.6 Å². The van der Waals surface area contributed by atoms with Crippen LogP contribution in [0, 0.1) is 0 Å². The van der Waals surface area contributed by atoms with Gasteiger partial charge in [0.1, 0.15) is 0 Å². The van der Waals surface area contributed by atoms with Crippen molar-refractivity contribution in [3.8, 4) is 0 Å². The zero-order chi connectivity index (χ0) is 16.9. The van der Waals surface area contributed by atoms with E-state index in [4.69, 9.17) is 5.21 Å². The highest BCUT2D eigenvalue weighted by Crippen LogP contribution is 2.33. The maximum absolute atomic E-state index is 12.5. The number of rotatable bonds is 4. The molecule has 1 saturated heterocycles. The summed E-state index contributed by atoms with van der Waals surface area (Å²) in [6, 6.07) is 17.4. The lowest BCUT2D eigenvalue weighted by atomic mass is 9.98. The van der Waals surface area contributed by atoms with Crippen molar-refractivity contribution in [1.29, 1.82) is 0 Å². The Hall–Kier alpha value is -2.92. The third kappa shape index (κ3) is 3.36. The molecule has 2 aromatic carbocycles. The summed E-state index contributed by atoms with van der Waals surface area (Å²) in [4.78, 5) is 25.4. The lowest BCUT2D eigenvalue weighted by Gasteiger charge is -2.19. The van der Waals surface area contributed by atoms with E-state index in [1.807, 2.05) is 54.6 Å². The average molecular weight is 322 g/mol. The highest BCUT2D eigenvalue weighted by Gasteiger charge is 2.32. The number of hydroxylamine groups is 1. The first-order valence-corrected chi connectivity index (χ1v) is 7.75. The largest absolute Gasteiger partial charge is 0.311 e. The Labute approximate surface area is 140 Å². The minimum atomic E-state index is -0.611. The van der Waals surface area contributed by atoms with E-state index in [0.717, 1.165) is 16.8 Å². The molecule has 2 amide bonds. The van der Waals surface area contributed by atoms with E-state index >= 15 is 0 Å². The summed E-state index contributed by atoms with van der Waals surface area (Å²) in [5.74, 6) is -0.382. The van der Waals surface area contributed by atoms with E-state index in [1.165, 1.54) is 6.08 Å². The molecule has 0 aromatic heterocycles. The normalized spacial score (nSPS) is 17.5. The second kappa shape index (κ2) is 7.10. The van der Waals surface area contributed by atoms with E-state index in [2.05, 4.69) is 0 Å². The predicted octanol–water partition coefficient (Wildman–Crippen LogP) is 2.73. The zero-order valence-corrected chi connectivity index (χ0v) is 13.1. The Morgan fingerprint density at radius 2 is 1.83 bits per heavy atom. The van der Waals surface area contributed by atoms with Gasteiger partial charge in [0.2, 0.25) is 5.91 Å². The highest BCUT2D eigenvalue weighted by molar-refractivity contribution is 5.99.